The van der Waals surface area contributed by atoms with Crippen molar-refractivity contribution in [2.24, 2.45) is 0 Å². The summed E-state index contributed by atoms with van der Waals surface area (Å²) in [5.74, 6) is -1.41. The van der Waals surface area contributed by atoms with Crippen LogP contribution in [0.4, 0.5) is 5.69 Å². The number of aromatic amines is 1. The highest BCUT2D eigenvalue weighted by Crippen LogP contribution is 2.20. The van der Waals surface area contributed by atoms with Crippen LogP contribution in [0.5, 0.6) is 0 Å². The number of hydrogen-bond donors (Lipinski definition) is 2. The van der Waals surface area contributed by atoms with Crippen LogP contribution >= 0.6 is 0 Å². The molecule has 0 radical (unpaired) electrons. The standard InChI is InChI=1S/C23H23N3O7S/c1-15(33-23(29)19-14-21(27)25-20-5-3-2-4-18(19)20)22(28)24-16-6-8-17(9-7-16)34(30,31)26-10-12-32-13-11-26/h2-9,14-15H,10-13H2,1H3,(H,24,28)(H,25,27). The third-order valence-electron chi connectivity index (χ3n) is 5.35. The van der Waals surface area contributed by atoms with Crippen molar-refractivity contribution in [3.05, 3.63) is 70.5 Å². The first-order valence-electron chi connectivity index (χ1n) is 10.6. The molecule has 10 nitrogen and oxygen atoms in total. The smallest absolute Gasteiger partial charge is 0.339 e. The minimum Gasteiger partial charge on any atom is -0.449 e. The average Bonchev–Trinajstić information content (AvgIpc) is 2.84. The van der Waals surface area contributed by atoms with Crippen LogP contribution in [0.15, 0.2) is 64.3 Å². The summed E-state index contributed by atoms with van der Waals surface area (Å²) in [5, 5.41) is 3.09. The summed E-state index contributed by atoms with van der Waals surface area (Å²) in [6, 6.07) is 13.6. The van der Waals surface area contributed by atoms with Crippen molar-refractivity contribution < 1.29 is 27.5 Å². The molecule has 4 rings (SSSR count). The predicted octanol–water partition coefficient (Wildman–Crippen LogP) is 1.73. The van der Waals surface area contributed by atoms with E-state index in [1.165, 1.54) is 35.5 Å². The zero-order valence-corrected chi connectivity index (χ0v) is 19.1. The first kappa shape index (κ1) is 23.6. The van der Waals surface area contributed by atoms with Gasteiger partial charge in [0.05, 0.1) is 23.7 Å². The van der Waals surface area contributed by atoms with Gasteiger partial charge >= 0.3 is 5.97 Å². The number of esters is 1. The van der Waals surface area contributed by atoms with Crippen LogP contribution in [-0.2, 0) is 24.3 Å². The number of benzene rings is 2. The van der Waals surface area contributed by atoms with Crippen LogP contribution in [0.25, 0.3) is 10.9 Å². The van der Waals surface area contributed by atoms with Gasteiger partial charge in [0.25, 0.3) is 5.91 Å². The number of hydrogen-bond acceptors (Lipinski definition) is 7. The lowest BCUT2D eigenvalue weighted by Gasteiger charge is -2.26. The van der Waals surface area contributed by atoms with Gasteiger partial charge in [0.2, 0.25) is 15.6 Å². The van der Waals surface area contributed by atoms with Crippen LogP contribution in [-0.4, -0.2) is 62.0 Å². The number of nitrogens with one attached hydrogen (secondary N) is 2. The molecule has 3 aromatic rings. The van der Waals surface area contributed by atoms with E-state index in [1.54, 1.807) is 24.3 Å². The summed E-state index contributed by atoms with van der Waals surface area (Å²) in [6.07, 6.45) is -1.16. The van der Waals surface area contributed by atoms with Gasteiger partial charge in [-0.05, 0) is 37.3 Å². The number of H-pyrrole nitrogens is 1. The van der Waals surface area contributed by atoms with Gasteiger partial charge in [-0.1, -0.05) is 18.2 Å². The molecule has 2 N–H and O–H groups in total. The molecule has 11 heteroatoms. The summed E-state index contributed by atoms with van der Waals surface area (Å²) in [5.41, 5.74) is 0.410. The number of rotatable bonds is 6. The summed E-state index contributed by atoms with van der Waals surface area (Å²) < 4.78 is 37.2. The number of ether oxygens (including phenoxy) is 2. The first-order chi connectivity index (χ1) is 16.3. The van der Waals surface area contributed by atoms with Crippen LogP contribution in [0, 0.1) is 0 Å². The molecule has 1 aliphatic heterocycles. The Balaban J connectivity index is 1.42. The SMILES string of the molecule is CC(OC(=O)c1cc(=O)[nH]c2ccccc12)C(=O)Nc1ccc(S(=O)(=O)N2CCOCC2)cc1. The second-order valence-corrected chi connectivity index (χ2v) is 9.61. The molecular formula is C23H23N3O7S. The summed E-state index contributed by atoms with van der Waals surface area (Å²) in [4.78, 5) is 39.8. The zero-order valence-electron chi connectivity index (χ0n) is 18.3. The number of para-hydroxylation sites is 1. The van der Waals surface area contributed by atoms with Crippen LogP contribution in [0.3, 0.4) is 0 Å². The van der Waals surface area contributed by atoms with E-state index >= 15 is 0 Å². The lowest BCUT2D eigenvalue weighted by molar-refractivity contribution is -0.123. The van der Waals surface area contributed by atoms with E-state index in [2.05, 4.69) is 10.3 Å². The van der Waals surface area contributed by atoms with E-state index < -0.39 is 33.6 Å². The van der Waals surface area contributed by atoms with Gasteiger partial charge in [-0.2, -0.15) is 4.31 Å². The van der Waals surface area contributed by atoms with Gasteiger partial charge in [-0.15, -0.1) is 0 Å². The molecule has 34 heavy (non-hydrogen) atoms. The topological polar surface area (TPSA) is 135 Å². The lowest BCUT2D eigenvalue weighted by Crippen LogP contribution is -2.40. The molecule has 1 amide bonds. The Morgan fingerprint density at radius 1 is 1.09 bits per heavy atom. The number of aromatic nitrogens is 1. The monoisotopic (exact) mass is 485 g/mol. The van der Waals surface area contributed by atoms with Gasteiger partial charge in [-0.3, -0.25) is 9.59 Å². The Bertz CT molecular complexity index is 1380. The van der Waals surface area contributed by atoms with Crippen molar-refractivity contribution in [1.82, 2.24) is 9.29 Å². The van der Waals surface area contributed by atoms with Gasteiger partial charge in [-0.25, -0.2) is 13.2 Å². The number of sulfonamides is 1. The molecule has 1 aliphatic rings. The molecule has 1 aromatic heterocycles. The highest BCUT2D eigenvalue weighted by atomic mass is 32.2. The molecular weight excluding hydrogens is 462 g/mol. The summed E-state index contributed by atoms with van der Waals surface area (Å²) in [6.45, 7) is 2.66. The summed E-state index contributed by atoms with van der Waals surface area (Å²) >= 11 is 0. The number of carbonyl (C=O) groups is 2. The molecule has 0 aliphatic carbocycles. The van der Waals surface area contributed by atoms with Gasteiger partial charge in [0, 0.05) is 35.7 Å². The third-order valence-corrected chi connectivity index (χ3v) is 7.27. The van der Waals surface area contributed by atoms with Crippen molar-refractivity contribution in [1.29, 1.82) is 0 Å². The lowest BCUT2D eigenvalue weighted by atomic mass is 10.1. The molecule has 178 valence electrons. The molecule has 0 saturated carbocycles. The number of fused-ring (bicyclic) bond motifs is 1. The van der Waals surface area contributed by atoms with Crippen LogP contribution in [0.1, 0.15) is 17.3 Å². The van der Waals surface area contributed by atoms with E-state index in [9.17, 15) is 22.8 Å². The molecule has 1 atom stereocenters. The van der Waals surface area contributed by atoms with Crippen molar-refractivity contribution in [2.75, 3.05) is 31.6 Å². The Hall–Kier alpha value is -3.54. The Kier molecular flexibility index (Phi) is 6.77. The van der Waals surface area contributed by atoms with E-state index in [-0.39, 0.29) is 23.5 Å². The van der Waals surface area contributed by atoms with Crippen molar-refractivity contribution >= 4 is 38.5 Å². The maximum Gasteiger partial charge on any atom is 0.339 e. The predicted molar refractivity (Wildman–Crippen MR) is 124 cm³/mol. The highest BCUT2D eigenvalue weighted by Gasteiger charge is 2.26. The second-order valence-electron chi connectivity index (χ2n) is 7.67. The van der Waals surface area contributed by atoms with E-state index in [1.807, 2.05) is 0 Å². The minimum atomic E-state index is -3.65. The third kappa shape index (κ3) is 5.01. The van der Waals surface area contributed by atoms with E-state index in [0.717, 1.165) is 6.07 Å². The van der Waals surface area contributed by atoms with Gasteiger partial charge in [0.1, 0.15) is 0 Å². The van der Waals surface area contributed by atoms with Crippen LogP contribution < -0.4 is 10.9 Å². The molecule has 1 fully saturated rings. The average molecular weight is 486 g/mol. The molecule has 1 saturated heterocycles. The number of amides is 1. The first-order valence-corrected chi connectivity index (χ1v) is 12.0. The zero-order chi connectivity index (χ0) is 24.3. The quantitative estimate of drug-likeness (QED) is 0.508. The largest absolute Gasteiger partial charge is 0.449 e. The number of carbonyl (C=O) groups excluding carboxylic acids is 2. The van der Waals surface area contributed by atoms with E-state index in [0.29, 0.717) is 29.8 Å². The highest BCUT2D eigenvalue weighted by molar-refractivity contribution is 7.89. The maximum atomic E-state index is 12.7. The Morgan fingerprint density at radius 3 is 2.47 bits per heavy atom. The number of pyridine rings is 1. The molecule has 2 aromatic carbocycles. The van der Waals surface area contributed by atoms with Crippen molar-refractivity contribution in [3.63, 3.8) is 0 Å². The Labute approximate surface area is 195 Å². The second kappa shape index (κ2) is 9.75. The minimum absolute atomic E-state index is 0.0525. The number of anilines is 1. The van der Waals surface area contributed by atoms with Crippen LogP contribution in [0.2, 0.25) is 0 Å². The molecule has 0 spiro atoms. The fourth-order valence-electron chi connectivity index (χ4n) is 3.54. The molecule has 2 heterocycles. The van der Waals surface area contributed by atoms with E-state index in [4.69, 9.17) is 9.47 Å². The van der Waals surface area contributed by atoms with Crippen molar-refractivity contribution in [3.8, 4) is 0 Å². The van der Waals surface area contributed by atoms with Crippen molar-refractivity contribution in [2.45, 2.75) is 17.9 Å². The number of morpholine rings is 1. The van der Waals surface area contributed by atoms with Gasteiger partial charge in [0.15, 0.2) is 6.10 Å². The summed E-state index contributed by atoms with van der Waals surface area (Å²) in [7, 11) is -3.65. The molecule has 0 bridgehead atoms. The fraction of sp³-hybridized carbons (Fsp3) is 0.261. The van der Waals surface area contributed by atoms with Gasteiger partial charge < -0.3 is 19.8 Å². The number of nitrogens with zero attached hydrogens (tertiary/aromatic N) is 1. The maximum absolute atomic E-state index is 12.7. The Morgan fingerprint density at radius 2 is 1.76 bits per heavy atom. The molecule has 1 unspecified atom stereocenters. The fourth-order valence-corrected chi connectivity index (χ4v) is 4.95. The normalized spacial score (nSPS) is 15.6.